The SMILES string of the molecule is C=CC(=O)N1C[C@@H]2C[C@H]1CN2c1ccc2ncnc(Nc3ccc(OCC45CC(C4)C5)c(F)c3F)c2n1. The average Bonchev–Trinajstić information content (AvgIpc) is 3.47. The second-order valence-electron chi connectivity index (χ2n) is 10.8. The van der Waals surface area contributed by atoms with Crippen molar-refractivity contribution in [1.29, 1.82) is 0 Å². The number of nitrogens with one attached hydrogen (secondary N) is 1. The van der Waals surface area contributed by atoms with Gasteiger partial charge < -0.3 is 19.9 Å². The minimum Gasteiger partial charge on any atom is -0.490 e. The number of carbonyl (C=O) groups is 1. The molecule has 3 aromatic rings. The number of pyridine rings is 1. The summed E-state index contributed by atoms with van der Waals surface area (Å²) < 4.78 is 35.5. The Morgan fingerprint density at radius 1 is 1.14 bits per heavy atom. The molecule has 8 rings (SSSR count). The zero-order valence-electron chi connectivity index (χ0n) is 20.2. The predicted molar refractivity (Wildman–Crippen MR) is 134 cm³/mol. The van der Waals surface area contributed by atoms with Crippen LogP contribution < -0.4 is 15.0 Å². The highest BCUT2D eigenvalue weighted by Crippen LogP contribution is 2.64. The molecule has 1 N–H and O–H groups in total. The van der Waals surface area contributed by atoms with Gasteiger partial charge in [-0.15, -0.1) is 0 Å². The monoisotopic (exact) mass is 504 g/mol. The third-order valence-corrected chi connectivity index (χ3v) is 8.46. The number of anilines is 3. The number of benzene rings is 1. The summed E-state index contributed by atoms with van der Waals surface area (Å²) in [6.45, 7) is 5.30. The largest absolute Gasteiger partial charge is 0.490 e. The van der Waals surface area contributed by atoms with E-state index >= 15 is 4.39 Å². The molecule has 10 heteroatoms. The zero-order chi connectivity index (χ0) is 25.3. The van der Waals surface area contributed by atoms with Gasteiger partial charge in [-0.2, -0.15) is 4.39 Å². The fourth-order valence-electron chi connectivity index (χ4n) is 6.45. The number of carbonyl (C=O) groups excluding carboxylic acids is 1. The van der Waals surface area contributed by atoms with Crippen molar-refractivity contribution < 1.29 is 18.3 Å². The van der Waals surface area contributed by atoms with E-state index in [-0.39, 0.29) is 40.7 Å². The van der Waals surface area contributed by atoms with E-state index in [4.69, 9.17) is 9.72 Å². The molecule has 5 fully saturated rings. The Morgan fingerprint density at radius 2 is 1.97 bits per heavy atom. The first-order chi connectivity index (χ1) is 17.9. The third-order valence-electron chi connectivity index (χ3n) is 8.46. The second-order valence-corrected chi connectivity index (χ2v) is 10.8. The topological polar surface area (TPSA) is 83.5 Å². The van der Waals surface area contributed by atoms with Crippen molar-refractivity contribution in [2.45, 2.75) is 37.8 Å². The van der Waals surface area contributed by atoms with Crippen LogP contribution in [0.1, 0.15) is 25.7 Å². The first-order valence-electron chi connectivity index (χ1n) is 12.6. The number of ether oxygens (including phenoxy) is 1. The minimum absolute atomic E-state index is 0.0522. The number of hydrogen-bond acceptors (Lipinski definition) is 7. The van der Waals surface area contributed by atoms with Crippen molar-refractivity contribution in [2.24, 2.45) is 11.3 Å². The Bertz CT molecular complexity index is 1430. The smallest absolute Gasteiger partial charge is 0.246 e. The summed E-state index contributed by atoms with van der Waals surface area (Å²) >= 11 is 0. The Labute approximate surface area is 212 Å². The van der Waals surface area contributed by atoms with Gasteiger partial charge in [0.25, 0.3) is 0 Å². The molecule has 0 spiro atoms. The molecule has 8 nitrogen and oxygen atoms in total. The molecule has 3 aliphatic carbocycles. The molecular formula is C27H26F2N6O2. The summed E-state index contributed by atoms with van der Waals surface area (Å²) in [7, 11) is 0. The standard InChI is InChI=1S/C27H26F2N6O2/c1-2-22(36)35-12-16-7-17(35)11-34(16)21-6-4-19-25(33-21)26(31-14-30-19)32-18-3-5-20(24(29)23(18)28)37-13-27-8-15(9-27)10-27/h2-6,14-17H,1,7-13H2,(H,30,31,32)/t15?,16-,17-,27?/m0/s1. The van der Waals surface area contributed by atoms with Gasteiger partial charge in [-0.3, -0.25) is 4.79 Å². The molecule has 4 heterocycles. The Hall–Kier alpha value is -3.82. The molecule has 2 saturated heterocycles. The minimum atomic E-state index is -1.03. The van der Waals surface area contributed by atoms with Crippen molar-refractivity contribution in [3.63, 3.8) is 0 Å². The number of hydrogen-bond donors (Lipinski definition) is 1. The summed E-state index contributed by atoms with van der Waals surface area (Å²) in [5.74, 6) is -0.368. The normalized spacial score (nSPS) is 27.1. The van der Waals surface area contributed by atoms with Crippen molar-refractivity contribution >= 4 is 34.3 Å². The van der Waals surface area contributed by atoms with Crippen molar-refractivity contribution in [1.82, 2.24) is 19.9 Å². The van der Waals surface area contributed by atoms with Gasteiger partial charge in [-0.25, -0.2) is 19.3 Å². The summed E-state index contributed by atoms with van der Waals surface area (Å²) in [4.78, 5) is 29.4. The molecule has 4 bridgehead atoms. The van der Waals surface area contributed by atoms with Gasteiger partial charge in [-0.1, -0.05) is 6.58 Å². The van der Waals surface area contributed by atoms with E-state index in [0.29, 0.717) is 30.7 Å². The molecule has 2 aromatic heterocycles. The van der Waals surface area contributed by atoms with E-state index in [1.54, 1.807) is 0 Å². The van der Waals surface area contributed by atoms with Crippen LogP contribution in [0.25, 0.3) is 11.0 Å². The highest BCUT2D eigenvalue weighted by molar-refractivity contribution is 5.89. The molecule has 2 atom stereocenters. The number of nitrogens with zero attached hydrogens (tertiary/aromatic N) is 5. The molecular weight excluding hydrogens is 478 g/mol. The highest BCUT2D eigenvalue weighted by atomic mass is 19.2. The Balaban J connectivity index is 1.12. The summed E-state index contributed by atoms with van der Waals surface area (Å²) in [6.07, 6.45) is 6.95. The van der Waals surface area contributed by atoms with E-state index in [2.05, 4.69) is 26.8 Å². The van der Waals surface area contributed by atoms with Gasteiger partial charge in [0.1, 0.15) is 17.7 Å². The van der Waals surface area contributed by atoms with Gasteiger partial charge >= 0.3 is 0 Å². The summed E-state index contributed by atoms with van der Waals surface area (Å²) in [5, 5.41) is 2.90. The average molecular weight is 505 g/mol. The molecule has 1 aromatic carbocycles. The second kappa shape index (κ2) is 8.09. The van der Waals surface area contributed by atoms with Crippen LogP contribution in [0.15, 0.2) is 43.2 Å². The fraction of sp³-hybridized carbons (Fsp3) is 0.407. The Kier molecular flexibility index (Phi) is 4.90. The van der Waals surface area contributed by atoms with Crippen LogP contribution in [0.4, 0.5) is 26.1 Å². The van der Waals surface area contributed by atoms with Crippen LogP contribution in [0.5, 0.6) is 5.75 Å². The zero-order valence-corrected chi connectivity index (χ0v) is 20.2. The lowest BCUT2D eigenvalue weighted by Crippen LogP contribution is -2.55. The molecule has 37 heavy (non-hydrogen) atoms. The van der Waals surface area contributed by atoms with Gasteiger partial charge in [-0.05, 0) is 61.9 Å². The van der Waals surface area contributed by atoms with E-state index in [9.17, 15) is 9.18 Å². The van der Waals surface area contributed by atoms with Crippen LogP contribution in [-0.2, 0) is 4.79 Å². The van der Waals surface area contributed by atoms with Crippen molar-refractivity contribution in [3.8, 4) is 5.75 Å². The van der Waals surface area contributed by atoms with E-state index < -0.39 is 11.6 Å². The van der Waals surface area contributed by atoms with Crippen molar-refractivity contribution in [3.05, 3.63) is 54.9 Å². The van der Waals surface area contributed by atoms with Gasteiger partial charge in [0.2, 0.25) is 11.7 Å². The number of piperazine rings is 1. The lowest BCUT2D eigenvalue weighted by molar-refractivity contribution is -0.132. The summed E-state index contributed by atoms with van der Waals surface area (Å²) in [5.41, 5.74) is 1.14. The number of halogens is 2. The summed E-state index contributed by atoms with van der Waals surface area (Å²) in [6, 6.07) is 6.90. The molecule has 3 saturated carbocycles. The number of rotatable bonds is 7. The number of likely N-dealkylation sites (tertiary alicyclic amines) is 1. The molecule has 5 aliphatic rings. The van der Waals surface area contributed by atoms with Crippen LogP contribution in [0.3, 0.4) is 0 Å². The van der Waals surface area contributed by atoms with Crippen LogP contribution >= 0.6 is 0 Å². The number of fused-ring (bicyclic) bond motifs is 3. The molecule has 0 radical (unpaired) electrons. The molecule has 0 unspecified atom stereocenters. The van der Waals surface area contributed by atoms with E-state index in [1.165, 1.54) is 24.5 Å². The maximum atomic E-state index is 15.0. The lowest BCUT2D eigenvalue weighted by Gasteiger charge is -2.61. The quantitative estimate of drug-likeness (QED) is 0.483. The predicted octanol–water partition coefficient (Wildman–Crippen LogP) is 4.20. The number of aromatic nitrogens is 3. The van der Waals surface area contributed by atoms with Gasteiger partial charge in [0.15, 0.2) is 17.4 Å². The molecule has 2 aliphatic heterocycles. The van der Waals surface area contributed by atoms with Gasteiger partial charge in [0, 0.05) is 18.5 Å². The lowest BCUT2D eigenvalue weighted by atomic mass is 9.45. The van der Waals surface area contributed by atoms with Crippen LogP contribution in [0, 0.1) is 23.0 Å². The third kappa shape index (κ3) is 3.53. The Morgan fingerprint density at radius 3 is 2.68 bits per heavy atom. The maximum absolute atomic E-state index is 15.0. The number of amides is 1. The highest BCUT2D eigenvalue weighted by Gasteiger charge is 2.57. The van der Waals surface area contributed by atoms with Gasteiger partial charge in [0.05, 0.1) is 29.9 Å². The molecule has 1 amide bonds. The maximum Gasteiger partial charge on any atom is 0.246 e. The van der Waals surface area contributed by atoms with E-state index in [0.717, 1.165) is 37.4 Å². The molecule has 190 valence electrons. The van der Waals surface area contributed by atoms with E-state index in [1.807, 2.05) is 17.0 Å². The van der Waals surface area contributed by atoms with Crippen LogP contribution in [-0.4, -0.2) is 57.5 Å². The fourth-order valence-corrected chi connectivity index (χ4v) is 6.45. The first-order valence-corrected chi connectivity index (χ1v) is 12.6. The van der Waals surface area contributed by atoms with Crippen molar-refractivity contribution in [2.75, 3.05) is 29.9 Å². The first kappa shape index (κ1) is 22.4. The van der Waals surface area contributed by atoms with Crippen LogP contribution in [0.2, 0.25) is 0 Å².